The number of piperazine rings is 1. The van der Waals surface area contributed by atoms with Crippen molar-refractivity contribution >= 4 is 0 Å². The first-order chi connectivity index (χ1) is 8.29. The smallest absolute Gasteiger partial charge is 0.208 e. The lowest BCUT2D eigenvalue weighted by molar-refractivity contribution is 0.0726. The van der Waals surface area contributed by atoms with Gasteiger partial charge < -0.3 is 9.73 Å². The maximum absolute atomic E-state index is 5.87. The van der Waals surface area contributed by atoms with Crippen LogP contribution in [0.25, 0.3) is 0 Å². The number of hydrogen-bond donors (Lipinski definition) is 1. The average Bonchev–Trinajstić information content (AvgIpc) is 2.69. The van der Waals surface area contributed by atoms with Gasteiger partial charge in [-0.05, 0) is 13.8 Å². The van der Waals surface area contributed by atoms with Crippen molar-refractivity contribution in [3.8, 4) is 0 Å². The van der Waals surface area contributed by atoms with Crippen molar-refractivity contribution in [1.29, 1.82) is 0 Å². The van der Waals surface area contributed by atoms with E-state index in [9.17, 15) is 0 Å². The summed E-state index contributed by atoms with van der Waals surface area (Å²) in [5.41, 5.74) is 0.193. The van der Waals surface area contributed by atoms with Crippen LogP contribution in [0, 0.1) is 0 Å². The highest BCUT2D eigenvalue weighted by Crippen LogP contribution is 2.24. The highest BCUT2D eigenvalue weighted by atomic mass is 16.4. The van der Waals surface area contributed by atoms with Crippen LogP contribution >= 0.6 is 0 Å². The molecule has 4 nitrogen and oxygen atoms in total. The predicted octanol–water partition coefficient (Wildman–Crippen LogP) is 2.16. The molecule has 1 saturated heterocycles. The van der Waals surface area contributed by atoms with Gasteiger partial charge in [0.1, 0.15) is 5.76 Å². The first-order valence-corrected chi connectivity index (χ1v) is 6.70. The van der Waals surface area contributed by atoms with E-state index in [1.165, 1.54) is 0 Å². The molecule has 1 aliphatic heterocycles. The summed E-state index contributed by atoms with van der Waals surface area (Å²) in [6.45, 7) is 14.8. The summed E-state index contributed by atoms with van der Waals surface area (Å²) in [5, 5.41) is 3.43. The third-order valence-corrected chi connectivity index (χ3v) is 3.59. The van der Waals surface area contributed by atoms with Crippen molar-refractivity contribution in [2.75, 3.05) is 19.6 Å². The molecule has 2 rings (SSSR count). The Labute approximate surface area is 110 Å². The second-order valence-electron chi connectivity index (χ2n) is 6.78. The molecule has 1 fully saturated rings. The molecule has 0 spiro atoms. The molecule has 18 heavy (non-hydrogen) atoms. The van der Waals surface area contributed by atoms with E-state index >= 15 is 0 Å². The molecule has 1 N–H and O–H groups in total. The van der Waals surface area contributed by atoms with Crippen LogP contribution in [-0.4, -0.2) is 35.1 Å². The summed E-state index contributed by atoms with van der Waals surface area (Å²) >= 11 is 0. The van der Waals surface area contributed by atoms with Gasteiger partial charge in [0.05, 0.1) is 12.7 Å². The lowest BCUT2D eigenvalue weighted by atomic mass is 9.94. The van der Waals surface area contributed by atoms with Gasteiger partial charge in [-0.25, -0.2) is 4.98 Å². The Morgan fingerprint density at radius 3 is 2.72 bits per heavy atom. The van der Waals surface area contributed by atoms with Crippen molar-refractivity contribution < 1.29 is 4.42 Å². The maximum atomic E-state index is 5.87. The number of aromatic nitrogens is 1. The van der Waals surface area contributed by atoms with Crippen LogP contribution in [0.5, 0.6) is 0 Å². The maximum Gasteiger partial charge on any atom is 0.208 e. The fourth-order valence-electron chi connectivity index (χ4n) is 2.21. The third-order valence-electron chi connectivity index (χ3n) is 3.59. The minimum atomic E-state index is 0.0320. The van der Waals surface area contributed by atoms with Crippen LogP contribution in [0.1, 0.15) is 46.3 Å². The van der Waals surface area contributed by atoms with E-state index < -0.39 is 0 Å². The third kappa shape index (κ3) is 2.93. The molecule has 1 aromatic rings. The normalized spacial score (nSPS) is 21.2. The lowest BCUT2D eigenvalue weighted by Gasteiger charge is -2.42. The zero-order valence-electron chi connectivity index (χ0n) is 12.2. The van der Waals surface area contributed by atoms with Gasteiger partial charge in [0, 0.05) is 30.6 Å². The molecule has 0 bridgehead atoms. The quantitative estimate of drug-likeness (QED) is 0.874. The fourth-order valence-corrected chi connectivity index (χ4v) is 2.21. The highest BCUT2D eigenvalue weighted by Gasteiger charge is 2.30. The predicted molar refractivity (Wildman–Crippen MR) is 72.6 cm³/mol. The molecule has 0 aliphatic carbocycles. The molecule has 102 valence electrons. The van der Waals surface area contributed by atoms with E-state index in [0.717, 1.165) is 37.8 Å². The van der Waals surface area contributed by atoms with Crippen LogP contribution in [0.4, 0.5) is 0 Å². The van der Waals surface area contributed by atoms with Crippen molar-refractivity contribution in [1.82, 2.24) is 15.2 Å². The zero-order valence-corrected chi connectivity index (χ0v) is 12.2. The second kappa shape index (κ2) is 4.67. The Hall–Kier alpha value is -0.870. The molecule has 0 aromatic carbocycles. The van der Waals surface area contributed by atoms with E-state index in [4.69, 9.17) is 4.42 Å². The monoisotopic (exact) mass is 251 g/mol. The van der Waals surface area contributed by atoms with Crippen LogP contribution < -0.4 is 5.32 Å². The second-order valence-corrected chi connectivity index (χ2v) is 6.78. The van der Waals surface area contributed by atoms with Gasteiger partial charge in [0.15, 0.2) is 0 Å². The first kappa shape index (κ1) is 13.6. The fraction of sp³-hybridized carbons (Fsp3) is 0.786. The molecule has 0 radical (unpaired) electrons. The van der Waals surface area contributed by atoms with Crippen LogP contribution in [-0.2, 0) is 12.0 Å². The summed E-state index contributed by atoms with van der Waals surface area (Å²) in [6, 6.07) is 0. The largest absolute Gasteiger partial charge is 0.444 e. The molecule has 4 heteroatoms. The van der Waals surface area contributed by atoms with Crippen molar-refractivity contribution in [2.24, 2.45) is 0 Å². The topological polar surface area (TPSA) is 41.3 Å². The van der Waals surface area contributed by atoms with E-state index in [1.54, 1.807) is 0 Å². The molecule has 2 heterocycles. The molecule has 0 amide bonds. The van der Waals surface area contributed by atoms with Gasteiger partial charge in [-0.3, -0.25) is 4.90 Å². The Bertz CT molecular complexity index is 403. The Morgan fingerprint density at radius 1 is 1.44 bits per heavy atom. The molecule has 0 saturated carbocycles. The molecule has 1 aliphatic rings. The van der Waals surface area contributed by atoms with Gasteiger partial charge in [0.25, 0.3) is 0 Å². The van der Waals surface area contributed by atoms with E-state index in [-0.39, 0.29) is 11.0 Å². The van der Waals surface area contributed by atoms with Gasteiger partial charge in [-0.1, -0.05) is 20.8 Å². The molecule has 0 atom stereocenters. The molecular formula is C14H25N3O. The van der Waals surface area contributed by atoms with Gasteiger partial charge in [-0.15, -0.1) is 0 Å². The Morgan fingerprint density at radius 2 is 2.17 bits per heavy atom. The van der Waals surface area contributed by atoms with E-state index in [1.807, 2.05) is 6.20 Å². The Kier molecular flexibility index (Phi) is 3.52. The summed E-state index contributed by atoms with van der Waals surface area (Å²) < 4.78 is 5.87. The number of hydrogen-bond acceptors (Lipinski definition) is 4. The molecule has 0 unspecified atom stereocenters. The number of nitrogens with one attached hydrogen (secondary N) is 1. The average molecular weight is 251 g/mol. The van der Waals surface area contributed by atoms with Crippen LogP contribution in [0.3, 0.4) is 0 Å². The standard InChI is InChI=1S/C14H25N3O/c1-13(2,3)11-8-16-12(18-11)9-17-7-6-15-10-14(17,4)5/h8,15H,6-7,9-10H2,1-5H3. The van der Waals surface area contributed by atoms with Crippen LogP contribution in [0.15, 0.2) is 10.6 Å². The summed E-state index contributed by atoms with van der Waals surface area (Å²) in [6.07, 6.45) is 1.87. The van der Waals surface area contributed by atoms with Crippen molar-refractivity contribution in [3.63, 3.8) is 0 Å². The number of nitrogens with zero attached hydrogens (tertiary/aromatic N) is 2. The van der Waals surface area contributed by atoms with Crippen LogP contribution in [0.2, 0.25) is 0 Å². The zero-order chi connectivity index (χ0) is 13.4. The molecule has 1 aromatic heterocycles. The SMILES string of the molecule is CC(C)(C)c1cnc(CN2CCNCC2(C)C)o1. The van der Waals surface area contributed by atoms with Crippen molar-refractivity contribution in [3.05, 3.63) is 17.8 Å². The Balaban J connectivity index is 2.07. The highest BCUT2D eigenvalue weighted by molar-refractivity contribution is 5.06. The lowest BCUT2D eigenvalue weighted by Crippen LogP contribution is -2.57. The first-order valence-electron chi connectivity index (χ1n) is 6.70. The minimum Gasteiger partial charge on any atom is -0.444 e. The van der Waals surface area contributed by atoms with Gasteiger partial charge in [-0.2, -0.15) is 0 Å². The molecular weight excluding hydrogens is 226 g/mol. The summed E-state index contributed by atoms with van der Waals surface area (Å²) in [7, 11) is 0. The van der Waals surface area contributed by atoms with Gasteiger partial charge >= 0.3 is 0 Å². The van der Waals surface area contributed by atoms with E-state index in [2.05, 4.69) is 49.8 Å². The minimum absolute atomic E-state index is 0.0320. The summed E-state index contributed by atoms with van der Waals surface area (Å²) in [4.78, 5) is 6.85. The van der Waals surface area contributed by atoms with Crippen molar-refractivity contribution in [2.45, 2.75) is 52.1 Å². The van der Waals surface area contributed by atoms with E-state index in [0.29, 0.717) is 0 Å². The number of oxazole rings is 1. The number of rotatable bonds is 2. The summed E-state index contributed by atoms with van der Waals surface area (Å²) in [5.74, 6) is 1.79. The van der Waals surface area contributed by atoms with Gasteiger partial charge in [0.2, 0.25) is 5.89 Å².